The van der Waals surface area contributed by atoms with Gasteiger partial charge in [-0.1, -0.05) is 18.9 Å². The fraction of sp³-hybridized carbons (Fsp3) is 0.529. The van der Waals surface area contributed by atoms with Gasteiger partial charge < -0.3 is 9.88 Å². The van der Waals surface area contributed by atoms with Crippen LogP contribution in [0.25, 0.3) is 0 Å². The Kier molecular flexibility index (Phi) is 5.00. The molecule has 2 aromatic rings. The van der Waals surface area contributed by atoms with Gasteiger partial charge in [0.2, 0.25) is 5.91 Å². The quantitative estimate of drug-likeness (QED) is 0.889. The van der Waals surface area contributed by atoms with Crippen LogP contribution in [0.15, 0.2) is 30.9 Å². The molecule has 1 unspecified atom stereocenters. The summed E-state index contributed by atoms with van der Waals surface area (Å²) in [5.74, 6) is 0.883. The summed E-state index contributed by atoms with van der Waals surface area (Å²) in [4.78, 5) is 16.2. The van der Waals surface area contributed by atoms with Crippen LogP contribution in [-0.4, -0.2) is 25.7 Å². The lowest BCUT2D eigenvalue weighted by Crippen LogP contribution is -2.29. The highest BCUT2D eigenvalue weighted by molar-refractivity contribution is 5.76. The number of aryl methyl sites for hydroxylation is 1. The fourth-order valence-electron chi connectivity index (χ4n) is 3.21. The van der Waals surface area contributed by atoms with Gasteiger partial charge in [0.1, 0.15) is 6.33 Å². The van der Waals surface area contributed by atoms with E-state index in [1.54, 1.807) is 18.7 Å². The lowest BCUT2D eigenvalue weighted by molar-refractivity contribution is -0.121. The maximum atomic E-state index is 12.2. The molecule has 6 nitrogen and oxygen atoms in total. The minimum atomic E-state index is -0.125. The number of pyridine rings is 1. The highest BCUT2D eigenvalue weighted by atomic mass is 16.1. The molecule has 3 rings (SSSR count). The van der Waals surface area contributed by atoms with Crippen LogP contribution in [0.4, 0.5) is 0 Å². The molecular formula is C17H23N5O. The van der Waals surface area contributed by atoms with Crippen LogP contribution in [0, 0.1) is 0 Å². The fourth-order valence-corrected chi connectivity index (χ4v) is 3.21. The van der Waals surface area contributed by atoms with Gasteiger partial charge in [-0.3, -0.25) is 9.78 Å². The molecule has 122 valence electrons. The standard InChI is InChI=1S/C17H23N5O/c1-13(17-21-19-12-22(17)15-6-2-3-7-15)20-16(23)9-8-14-5-4-10-18-11-14/h4-5,10-13,15H,2-3,6-9H2,1H3,(H,20,23). The third kappa shape index (κ3) is 3.94. The summed E-state index contributed by atoms with van der Waals surface area (Å²) >= 11 is 0. The molecule has 6 heteroatoms. The molecular weight excluding hydrogens is 290 g/mol. The molecule has 0 bridgehead atoms. The summed E-state index contributed by atoms with van der Waals surface area (Å²) in [5, 5.41) is 11.3. The largest absolute Gasteiger partial charge is 0.346 e. The van der Waals surface area contributed by atoms with Gasteiger partial charge in [0.15, 0.2) is 5.82 Å². The number of aromatic nitrogens is 4. The van der Waals surface area contributed by atoms with Crippen molar-refractivity contribution in [3.05, 3.63) is 42.2 Å². The molecule has 1 aliphatic rings. The zero-order valence-corrected chi connectivity index (χ0v) is 13.5. The van der Waals surface area contributed by atoms with Crippen LogP contribution >= 0.6 is 0 Å². The smallest absolute Gasteiger partial charge is 0.220 e. The van der Waals surface area contributed by atoms with Crippen LogP contribution in [0.1, 0.15) is 62.5 Å². The number of hydrogen-bond donors (Lipinski definition) is 1. The maximum Gasteiger partial charge on any atom is 0.220 e. The van der Waals surface area contributed by atoms with E-state index in [9.17, 15) is 4.79 Å². The molecule has 0 aromatic carbocycles. The molecule has 1 atom stereocenters. The third-order valence-electron chi connectivity index (χ3n) is 4.45. The molecule has 1 aliphatic carbocycles. The molecule has 0 aliphatic heterocycles. The predicted octanol–water partition coefficient (Wildman–Crippen LogP) is 2.60. The Hall–Kier alpha value is -2.24. The summed E-state index contributed by atoms with van der Waals surface area (Å²) in [6.45, 7) is 1.97. The van der Waals surface area contributed by atoms with Crippen molar-refractivity contribution in [3.8, 4) is 0 Å². The number of amides is 1. The van der Waals surface area contributed by atoms with E-state index in [0.717, 1.165) is 11.4 Å². The molecule has 1 fully saturated rings. The first-order valence-corrected chi connectivity index (χ1v) is 8.31. The van der Waals surface area contributed by atoms with E-state index in [0.29, 0.717) is 18.9 Å². The Bertz CT molecular complexity index is 633. The monoisotopic (exact) mass is 313 g/mol. The second-order valence-corrected chi connectivity index (χ2v) is 6.19. The van der Waals surface area contributed by atoms with E-state index in [1.807, 2.05) is 19.1 Å². The molecule has 2 aromatic heterocycles. The van der Waals surface area contributed by atoms with Crippen molar-refractivity contribution in [3.63, 3.8) is 0 Å². The van der Waals surface area contributed by atoms with E-state index in [2.05, 4.69) is 25.1 Å². The number of nitrogens with zero attached hydrogens (tertiary/aromatic N) is 4. The van der Waals surface area contributed by atoms with Gasteiger partial charge >= 0.3 is 0 Å². The molecule has 1 saturated carbocycles. The number of hydrogen-bond acceptors (Lipinski definition) is 4. The van der Waals surface area contributed by atoms with Gasteiger partial charge in [-0.15, -0.1) is 10.2 Å². The molecule has 1 N–H and O–H groups in total. The summed E-state index contributed by atoms with van der Waals surface area (Å²) < 4.78 is 2.14. The van der Waals surface area contributed by atoms with Crippen molar-refractivity contribution in [1.82, 2.24) is 25.1 Å². The Morgan fingerprint density at radius 1 is 1.43 bits per heavy atom. The Balaban J connectivity index is 1.55. The minimum absolute atomic E-state index is 0.0299. The molecule has 23 heavy (non-hydrogen) atoms. The van der Waals surface area contributed by atoms with Gasteiger partial charge in [-0.05, 0) is 37.8 Å². The first-order valence-electron chi connectivity index (χ1n) is 8.31. The minimum Gasteiger partial charge on any atom is -0.346 e. The van der Waals surface area contributed by atoms with Gasteiger partial charge in [-0.25, -0.2) is 0 Å². The zero-order valence-electron chi connectivity index (χ0n) is 13.5. The normalized spacial score (nSPS) is 16.4. The van der Waals surface area contributed by atoms with E-state index in [-0.39, 0.29) is 11.9 Å². The van der Waals surface area contributed by atoms with Crippen molar-refractivity contribution < 1.29 is 4.79 Å². The van der Waals surface area contributed by atoms with E-state index < -0.39 is 0 Å². The molecule has 0 spiro atoms. The number of carbonyl (C=O) groups is 1. The lowest BCUT2D eigenvalue weighted by Gasteiger charge is -2.18. The lowest BCUT2D eigenvalue weighted by atomic mass is 10.1. The molecule has 2 heterocycles. The van der Waals surface area contributed by atoms with Crippen molar-refractivity contribution >= 4 is 5.91 Å². The number of rotatable bonds is 6. The van der Waals surface area contributed by atoms with Crippen LogP contribution in [0.5, 0.6) is 0 Å². The Morgan fingerprint density at radius 2 is 2.26 bits per heavy atom. The average Bonchev–Trinajstić information content (AvgIpc) is 3.24. The van der Waals surface area contributed by atoms with Gasteiger partial charge in [-0.2, -0.15) is 0 Å². The molecule has 0 saturated heterocycles. The Labute approximate surface area is 136 Å². The predicted molar refractivity (Wildman–Crippen MR) is 86.6 cm³/mol. The van der Waals surface area contributed by atoms with Crippen LogP contribution in [0.2, 0.25) is 0 Å². The van der Waals surface area contributed by atoms with Crippen LogP contribution in [0.3, 0.4) is 0 Å². The summed E-state index contributed by atoms with van der Waals surface area (Å²) in [6, 6.07) is 4.23. The highest BCUT2D eigenvalue weighted by Gasteiger charge is 2.23. The van der Waals surface area contributed by atoms with Crippen molar-refractivity contribution in [1.29, 1.82) is 0 Å². The first-order chi connectivity index (χ1) is 11.2. The Morgan fingerprint density at radius 3 is 3.00 bits per heavy atom. The average molecular weight is 313 g/mol. The summed E-state index contributed by atoms with van der Waals surface area (Å²) in [5.41, 5.74) is 1.07. The van der Waals surface area contributed by atoms with E-state index in [4.69, 9.17) is 0 Å². The topological polar surface area (TPSA) is 72.7 Å². The van der Waals surface area contributed by atoms with Gasteiger partial charge in [0.05, 0.1) is 6.04 Å². The number of carbonyl (C=O) groups excluding carboxylic acids is 1. The van der Waals surface area contributed by atoms with Crippen LogP contribution < -0.4 is 5.32 Å². The van der Waals surface area contributed by atoms with E-state index >= 15 is 0 Å². The second-order valence-electron chi connectivity index (χ2n) is 6.19. The van der Waals surface area contributed by atoms with Crippen molar-refractivity contribution in [2.24, 2.45) is 0 Å². The van der Waals surface area contributed by atoms with E-state index in [1.165, 1.54) is 25.7 Å². The summed E-state index contributed by atoms with van der Waals surface area (Å²) in [6.07, 6.45) is 11.3. The van der Waals surface area contributed by atoms with Gasteiger partial charge in [0, 0.05) is 24.9 Å². The maximum absolute atomic E-state index is 12.2. The second kappa shape index (κ2) is 7.35. The third-order valence-corrected chi connectivity index (χ3v) is 4.45. The number of nitrogens with one attached hydrogen (secondary N) is 1. The highest BCUT2D eigenvalue weighted by Crippen LogP contribution is 2.31. The van der Waals surface area contributed by atoms with Crippen molar-refractivity contribution in [2.75, 3.05) is 0 Å². The molecule has 1 amide bonds. The molecule has 0 radical (unpaired) electrons. The van der Waals surface area contributed by atoms with Crippen molar-refractivity contribution in [2.45, 2.75) is 57.5 Å². The first kappa shape index (κ1) is 15.6. The van der Waals surface area contributed by atoms with Gasteiger partial charge in [0.25, 0.3) is 0 Å². The zero-order chi connectivity index (χ0) is 16.1. The van der Waals surface area contributed by atoms with Crippen LogP contribution in [-0.2, 0) is 11.2 Å². The summed E-state index contributed by atoms with van der Waals surface area (Å²) in [7, 11) is 0. The SMILES string of the molecule is CC(NC(=O)CCc1cccnc1)c1nncn1C1CCCC1.